The highest BCUT2D eigenvalue weighted by atomic mass is 35.5. The topological polar surface area (TPSA) is 35.3 Å². The summed E-state index contributed by atoms with van der Waals surface area (Å²) < 4.78 is 34.4. The second kappa shape index (κ2) is 5.09. The molecular weight excluding hydrogens is 288 g/mol. The maximum atomic E-state index is 12.2. The van der Waals surface area contributed by atoms with Crippen LogP contribution in [0.15, 0.2) is 47.0 Å². The van der Waals surface area contributed by atoms with E-state index < -0.39 is 6.61 Å². The third-order valence-corrected chi connectivity index (χ3v) is 3.01. The molecule has 0 saturated heterocycles. The van der Waals surface area contributed by atoms with Crippen molar-refractivity contribution in [1.82, 2.24) is 4.98 Å². The van der Waals surface area contributed by atoms with E-state index in [1.807, 2.05) is 0 Å². The Hall–Kier alpha value is -2.14. The fourth-order valence-corrected chi connectivity index (χ4v) is 2.07. The van der Waals surface area contributed by atoms with Crippen molar-refractivity contribution in [3.8, 4) is 17.1 Å². The van der Waals surface area contributed by atoms with Crippen LogP contribution in [0.5, 0.6) is 5.75 Å². The zero-order chi connectivity index (χ0) is 14.1. The second-order valence-corrected chi connectivity index (χ2v) is 4.43. The molecular formula is C14H8ClF2NO2. The largest absolute Gasteiger partial charge is 0.453 e. The molecule has 0 N–H and O–H groups in total. The molecule has 20 heavy (non-hydrogen) atoms. The average Bonchev–Trinajstić information content (AvgIpc) is 2.84. The Balaban J connectivity index is 2.04. The number of aromatic nitrogens is 1. The normalized spacial score (nSPS) is 11.2. The van der Waals surface area contributed by atoms with Crippen LogP contribution in [0.3, 0.4) is 0 Å². The molecule has 2 heterocycles. The van der Waals surface area contributed by atoms with E-state index in [0.29, 0.717) is 27.4 Å². The van der Waals surface area contributed by atoms with Crippen LogP contribution in [-0.2, 0) is 0 Å². The molecule has 0 aliphatic carbocycles. The van der Waals surface area contributed by atoms with Crippen molar-refractivity contribution in [2.24, 2.45) is 0 Å². The lowest BCUT2D eigenvalue weighted by Gasteiger charge is -2.05. The molecule has 0 aliphatic heterocycles. The summed E-state index contributed by atoms with van der Waals surface area (Å²) in [6.07, 6.45) is 1.57. The first kappa shape index (κ1) is 12.9. The van der Waals surface area contributed by atoms with Crippen molar-refractivity contribution in [3.05, 3.63) is 47.6 Å². The number of hydrogen-bond donors (Lipinski definition) is 0. The number of hydrogen-bond acceptors (Lipinski definition) is 3. The highest BCUT2D eigenvalue weighted by Crippen LogP contribution is 2.32. The van der Waals surface area contributed by atoms with Crippen LogP contribution in [0.2, 0.25) is 5.02 Å². The number of benzene rings is 1. The maximum absolute atomic E-state index is 12.2. The molecule has 0 unspecified atom stereocenters. The zero-order valence-electron chi connectivity index (χ0n) is 10.0. The molecule has 3 nitrogen and oxygen atoms in total. The lowest BCUT2D eigenvalue weighted by molar-refractivity contribution is -0.0498. The molecule has 3 aromatic rings. The summed E-state index contributed by atoms with van der Waals surface area (Å²) in [6, 6.07) is 9.57. The molecule has 0 aliphatic rings. The van der Waals surface area contributed by atoms with Gasteiger partial charge >= 0.3 is 6.61 Å². The standard InChI is InChI=1S/C14H8ClF2NO2/c15-10-4-5-18-11-7-12(20-13(10)11)8-2-1-3-9(6-8)19-14(16)17/h1-7,14H. The Morgan fingerprint density at radius 3 is 2.80 bits per heavy atom. The van der Waals surface area contributed by atoms with E-state index >= 15 is 0 Å². The van der Waals surface area contributed by atoms with Crippen LogP contribution in [0, 0.1) is 0 Å². The van der Waals surface area contributed by atoms with Gasteiger partial charge in [-0.05, 0) is 18.2 Å². The van der Waals surface area contributed by atoms with Crippen molar-refractivity contribution in [2.45, 2.75) is 6.61 Å². The number of pyridine rings is 1. The fourth-order valence-electron chi connectivity index (χ4n) is 1.87. The van der Waals surface area contributed by atoms with Crippen molar-refractivity contribution >= 4 is 22.7 Å². The SMILES string of the molecule is FC(F)Oc1cccc(-c2cc3nccc(Cl)c3o2)c1. The van der Waals surface area contributed by atoms with E-state index in [0.717, 1.165) is 0 Å². The second-order valence-electron chi connectivity index (χ2n) is 4.02. The predicted octanol–water partition coefficient (Wildman–Crippen LogP) is 4.75. The Kier molecular flexibility index (Phi) is 3.28. The van der Waals surface area contributed by atoms with E-state index in [1.54, 1.807) is 30.5 Å². The van der Waals surface area contributed by atoms with Gasteiger partial charge in [-0.2, -0.15) is 8.78 Å². The number of halogens is 3. The molecule has 0 saturated carbocycles. The molecule has 0 radical (unpaired) electrons. The molecule has 0 fully saturated rings. The minimum absolute atomic E-state index is 0.0667. The van der Waals surface area contributed by atoms with Gasteiger partial charge in [0, 0.05) is 17.8 Å². The fraction of sp³-hybridized carbons (Fsp3) is 0.0714. The predicted molar refractivity (Wildman–Crippen MR) is 71.1 cm³/mol. The maximum Gasteiger partial charge on any atom is 0.387 e. The van der Waals surface area contributed by atoms with Gasteiger partial charge < -0.3 is 9.15 Å². The van der Waals surface area contributed by atoms with Crippen molar-refractivity contribution in [3.63, 3.8) is 0 Å². The number of ether oxygens (including phenoxy) is 1. The van der Waals surface area contributed by atoms with Gasteiger partial charge in [0.2, 0.25) is 0 Å². The lowest BCUT2D eigenvalue weighted by Crippen LogP contribution is -2.01. The summed E-state index contributed by atoms with van der Waals surface area (Å²) in [7, 11) is 0. The summed E-state index contributed by atoms with van der Waals surface area (Å²) in [4.78, 5) is 4.13. The van der Waals surface area contributed by atoms with Crippen LogP contribution < -0.4 is 4.74 Å². The van der Waals surface area contributed by atoms with Crippen LogP contribution in [0.1, 0.15) is 0 Å². The minimum Gasteiger partial charge on any atom is -0.453 e. The first-order chi connectivity index (χ1) is 9.63. The summed E-state index contributed by atoms with van der Waals surface area (Å²) in [5.74, 6) is 0.553. The van der Waals surface area contributed by atoms with Crippen LogP contribution in [0.25, 0.3) is 22.4 Å². The smallest absolute Gasteiger partial charge is 0.387 e. The number of furan rings is 1. The number of rotatable bonds is 3. The van der Waals surface area contributed by atoms with Gasteiger partial charge in [0.1, 0.15) is 17.0 Å². The van der Waals surface area contributed by atoms with Crippen LogP contribution in [0.4, 0.5) is 8.78 Å². The van der Waals surface area contributed by atoms with Crippen molar-refractivity contribution in [1.29, 1.82) is 0 Å². The van der Waals surface area contributed by atoms with Gasteiger partial charge in [0.05, 0.1) is 5.02 Å². The summed E-state index contributed by atoms with van der Waals surface area (Å²) in [5.41, 5.74) is 1.68. The van der Waals surface area contributed by atoms with Gasteiger partial charge in [-0.25, -0.2) is 0 Å². The Bertz CT molecular complexity index is 758. The molecule has 3 rings (SSSR count). The van der Waals surface area contributed by atoms with Crippen molar-refractivity contribution in [2.75, 3.05) is 0 Å². The number of nitrogens with zero attached hydrogens (tertiary/aromatic N) is 1. The monoisotopic (exact) mass is 295 g/mol. The molecule has 0 amide bonds. The molecule has 2 aromatic heterocycles. The third kappa shape index (κ3) is 2.44. The summed E-state index contributed by atoms with van der Waals surface area (Å²) >= 11 is 6.00. The summed E-state index contributed by atoms with van der Waals surface area (Å²) in [6.45, 7) is -2.86. The number of fused-ring (bicyclic) bond motifs is 1. The van der Waals surface area contributed by atoms with E-state index in [2.05, 4.69) is 9.72 Å². The lowest BCUT2D eigenvalue weighted by atomic mass is 10.1. The molecule has 0 bridgehead atoms. The Morgan fingerprint density at radius 1 is 1.20 bits per heavy atom. The van der Waals surface area contributed by atoms with Gasteiger partial charge in [0.25, 0.3) is 0 Å². The van der Waals surface area contributed by atoms with E-state index in [4.69, 9.17) is 16.0 Å². The van der Waals surface area contributed by atoms with Crippen LogP contribution in [-0.4, -0.2) is 11.6 Å². The molecule has 6 heteroatoms. The first-order valence-electron chi connectivity index (χ1n) is 5.73. The zero-order valence-corrected chi connectivity index (χ0v) is 10.8. The van der Waals surface area contributed by atoms with E-state index in [-0.39, 0.29) is 5.75 Å². The highest BCUT2D eigenvalue weighted by Gasteiger charge is 2.11. The van der Waals surface area contributed by atoms with E-state index in [1.165, 1.54) is 12.1 Å². The Morgan fingerprint density at radius 2 is 2.05 bits per heavy atom. The van der Waals surface area contributed by atoms with Gasteiger partial charge in [-0.1, -0.05) is 23.7 Å². The summed E-state index contributed by atoms with van der Waals surface area (Å²) in [5, 5.41) is 0.446. The Labute approximate surface area is 117 Å². The molecule has 102 valence electrons. The quantitative estimate of drug-likeness (QED) is 0.699. The van der Waals surface area contributed by atoms with Crippen molar-refractivity contribution < 1.29 is 17.9 Å². The van der Waals surface area contributed by atoms with Gasteiger partial charge in [0.15, 0.2) is 5.58 Å². The van der Waals surface area contributed by atoms with Crippen LogP contribution >= 0.6 is 11.6 Å². The van der Waals surface area contributed by atoms with E-state index in [9.17, 15) is 8.78 Å². The highest BCUT2D eigenvalue weighted by molar-refractivity contribution is 6.34. The molecule has 1 aromatic carbocycles. The number of alkyl halides is 2. The third-order valence-electron chi connectivity index (χ3n) is 2.71. The van der Waals surface area contributed by atoms with Gasteiger partial charge in [-0.15, -0.1) is 0 Å². The molecule has 0 atom stereocenters. The average molecular weight is 296 g/mol. The molecule has 0 spiro atoms. The van der Waals surface area contributed by atoms with Gasteiger partial charge in [-0.3, -0.25) is 4.98 Å². The minimum atomic E-state index is -2.86. The first-order valence-corrected chi connectivity index (χ1v) is 6.10.